The second kappa shape index (κ2) is 13.6. The maximum Gasteiger partial charge on any atom is 0.573 e. The smallest absolute Gasteiger partial charge is 0.480 e. The van der Waals surface area contributed by atoms with E-state index in [1.807, 2.05) is 0 Å². The van der Waals surface area contributed by atoms with Crippen molar-refractivity contribution in [1.82, 2.24) is 15.5 Å². The zero-order valence-electron chi connectivity index (χ0n) is 24.6. The number of carboxylic acid groups (broad SMARTS) is 1. The van der Waals surface area contributed by atoms with Gasteiger partial charge in [-0.25, -0.2) is 9.98 Å². The zero-order chi connectivity index (χ0) is 32.3. The number of ether oxygens (including phenoxy) is 2. The van der Waals surface area contributed by atoms with E-state index in [-0.39, 0.29) is 35.6 Å². The van der Waals surface area contributed by atoms with E-state index < -0.39 is 24.8 Å². The Balaban J connectivity index is 1.17. The minimum Gasteiger partial charge on any atom is -0.480 e. The van der Waals surface area contributed by atoms with Crippen molar-refractivity contribution < 1.29 is 41.9 Å². The number of amides is 1. The van der Waals surface area contributed by atoms with Gasteiger partial charge in [0.25, 0.3) is 5.91 Å². The Morgan fingerprint density at radius 2 is 1.98 bits per heavy atom. The Hall–Kier alpha value is -4.30. The lowest BCUT2D eigenvalue weighted by Crippen LogP contribution is -2.29. The van der Waals surface area contributed by atoms with Crippen LogP contribution in [0.3, 0.4) is 0 Å². The van der Waals surface area contributed by atoms with Crippen molar-refractivity contribution >= 4 is 44.8 Å². The van der Waals surface area contributed by atoms with Crippen LogP contribution in [0.4, 0.5) is 18.3 Å². The van der Waals surface area contributed by atoms with Crippen LogP contribution in [0.2, 0.25) is 0 Å². The van der Waals surface area contributed by atoms with Crippen molar-refractivity contribution in [3.8, 4) is 17.0 Å². The lowest BCUT2D eigenvalue weighted by Gasteiger charge is -2.29. The van der Waals surface area contributed by atoms with E-state index >= 15 is 0 Å². The fourth-order valence-corrected chi connectivity index (χ4v) is 6.24. The number of nitrogens with one attached hydrogen (secondary N) is 1. The minimum absolute atomic E-state index is 0.115. The molecule has 0 bridgehead atoms. The summed E-state index contributed by atoms with van der Waals surface area (Å²) in [7, 11) is 0. The van der Waals surface area contributed by atoms with Crippen LogP contribution in [0.5, 0.6) is 5.75 Å². The number of hydrogen-bond donors (Lipinski definition) is 2. The average Bonchev–Trinajstić information content (AvgIpc) is 3.62. The lowest BCUT2D eigenvalue weighted by molar-refractivity contribution is -0.274. The number of carboxylic acids is 1. The third-order valence-corrected chi connectivity index (χ3v) is 8.95. The summed E-state index contributed by atoms with van der Waals surface area (Å²) in [5.41, 5.74) is 2.09. The van der Waals surface area contributed by atoms with Gasteiger partial charge in [-0.15, -0.1) is 13.2 Å². The number of fused-ring (bicyclic) bond motifs is 1. The number of nitrogens with zero attached hydrogens (tertiary/aromatic N) is 3. The number of carbonyl (C=O) groups excluding carboxylic acids is 1. The Bertz CT molecular complexity index is 1750. The first kappa shape index (κ1) is 31.7. The van der Waals surface area contributed by atoms with E-state index in [1.165, 1.54) is 36.0 Å². The predicted molar refractivity (Wildman–Crippen MR) is 163 cm³/mol. The van der Waals surface area contributed by atoms with E-state index in [4.69, 9.17) is 14.4 Å². The lowest BCUT2D eigenvalue weighted by atomic mass is 9.81. The number of aromatic nitrogens is 2. The summed E-state index contributed by atoms with van der Waals surface area (Å²) >= 11 is 1.30. The number of hydrogen-bond acceptors (Lipinski definition) is 9. The molecule has 2 aromatic heterocycles. The molecule has 1 atom stereocenters. The van der Waals surface area contributed by atoms with Gasteiger partial charge in [-0.3, -0.25) is 9.59 Å². The number of carbonyl (C=O) groups is 2. The van der Waals surface area contributed by atoms with Crippen LogP contribution in [-0.4, -0.2) is 52.3 Å². The molecular weight excluding hydrogens is 625 g/mol. The van der Waals surface area contributed by atoms with E-state index in [9.17, 15) is 22.8 Å². The Labute approximate surface area is 265 Å². The van der Waals surface area contributed by atoms with Gasteiger partial charge in [0.15, 0.2) is 0 Å². The molecule has 0 radical (unpaired) electrons. The van der Waals surface area contributed by atoms with E-state index in [0.717, 1.165) is 36.8 Å². The molecule has 0 spiro atoms. The molecule has 0 saturated heterocycles. The molecule has 0 aliphatic heterocycles. The molecule has 2 aromatic carbocycles. The van der Waals surface area contributed by atoms with Gasteiger partial charge in [0, 0.05) is 35.2 Å². The number of alkyl halides is 3. The highest BCUT2D eigenvalue weighted by Crippen LogP contribution is 2.46. The molecule has 0 unspecified atom stereocenters. The summed E-state index contributed by atoms with van der Waals surface area (Å²) in [6.45, 7) is -0.358. The van der Waals surface area contributed by atoms with Crippen molar-refractivity contribution in [2.45, 2.75) is 69.9 Å². The predicted octanol–water partition coefficient (Wildman–Crippen LogP) is 7.41. The van der Waals surface area contributed by atoms with Gasteiger partial charge < -0.3 is 24.4 Å². The molecule has 2 saturated carbocycles. The summed E-state index contributed by atoms with van der Waals surface area (Å²) in [5.74, 6) is -0.653. The summed E-state index contributed by atoms with van der Waals surface area (Å²) in [6, 6.07) is 10.8. The van der Waals surface area contributed by atoms with Crippen LogP contribution in [0, 0.1) is 5.92 Å². The van der Waals surface area contributed by atoms with Crippen molar-refractivity contribution in [2.75, 3.05) is 6.54 Å². The molecule has 14 heteroatoms. The third kappa shape index (κ3) is 7.91. The topological polar surface area (TPSA) is 136 Å². The summed E-state index contributed by atoms with van der Waals surface area (Å²) in [4.78, 5) is 32.1. The molecule has 6 rings (SSSR count). The number of aliphatic imine (C=N–C) groups is 1. The molecule has 2 aliphatic carbocycles. The highest BCUT2D eigenvalue weighted by atomic mass is 32.1. The van der Waals surface area contributed by atoms with Gasteiger partial charge >= 0.3 is 12.3 Å². The zero-order valence-corrected chi connectivity index (χ0v) is 25.4. The van der Waals surface area contributed by atoms with Crippen molar-refractivity contribution in [3.63, 3.8) is 0 Å². The quantitative estimate of drug-likeness (QED) is 0.134. The van der Waals surface area contributed by atoms with Crippen LogP contribution >= 0.6 is 11.3 Å². The molecule has 1 amide bonds. The minimum atomic E-state index is -4.86. The largest absolute Gasteiger partial charge is 0.573 e. The van der Waals surface area contributed by atoms with Crippen LogP contribution in [0.15, 0.2) is 52.0 Å². The summed E-state index contributed by atoms with van der Waals surface area (Å²) in [5, 5.41) is 15.8. The molecule has 2 N–H and O–H groups in total. The van der Waals surface area contributed by atoms with E-state index in [2.05, 4.69) is 25.2 Å². The van der Waals surface area contributed by atoms with E-state index in [1.54, 1.807) is 30.5 Å². The fraction of sp³-hybridized carbons (Fsp3) is 0.406. The number of para-hydroxylation sites is 1. The Morgan fingerprint density at radius 1 is 1.17 bits per heavy atom. The summed E-state index contributed by atoms with van der Waals surface area (Å²) in [6.07, 6.45) is 3.23. The first-order valence-electron chi connectivity index (χ1n) is 15.0. The van der Waals surface area contributed by atoms with Crippen molar-refractivity contribution in [2.24, 2.45) is 10.9 Å². The highest BCUT2D eigenvalue weighted by molar-refractivity contribution is 7.22. The SMILES string of the molecule is O=C(O)CNC(=O)c1ccc2nc(N=CC[C@H](CC3CCC3)OCc3c(-c4ccccc4OC(F)(F)F)noc3C3CC3)sc2c1. The molecule has 10 nitrogen and oxygen atoms in total. The van der Waals surface area contributed by atoms with Gasteiger partial charge in [0.2, 0.25) is 5.13 Å². The Morgan fingerprint density at radius 3 is 2.70 bits per heavy atom. The van der Waals surface area contributed by atoms with Gasteiger partial charge in [0.05, 0.1) is 22.9 Å². The van der Waals surface area contributed by atoms with Crippen molar-refractivity contribution in [3.05, 3.63) is 59.4 Å². The monoisotopic (exact) mass is 656 g/mol. The molecular formula is C32H31F3N4O6S. The molecule has 4 aromatic rings. The highest BCUT2D eigenvalue weighted by Gasteiger charge is 2.36. The van der Waals surface area contributed by atoms with Crippen LogP contribution in [-0.2, 0) is 16.1 Å². The average molecular weight is 657 g/mol. The van der Waals surface area contributed by atoms with Gasteiger partial charge in [-0.05, 0) is 55.5 Å². The fourth-order valence-electron chi connectivity index (χ4n) is 5.36. The number of rotatable bonds is 14. The maximum atomic E-state index is 13.2. The van der Waals surface area contributed by atoms with Gasteiger partial charge in [0.1, 0.15) is 23.7 Å². The second-order valence-corrected chi connectivity index (χ2v) is 12.5. The second-order valence-electron chi connectivity index (χ2n) is 11.5. The molecule has 2 heterocycles. The van der Waals surface area contributed by atoms with E-state index in [0.29, 0.717) is 39.9 Å². The summed E-state index contributed by atoms with van der Waals surface area (Å²) < 4.78 is 56.6. The molecule has 46 heavy (non-hydrogen) atoms. The number of benzene rings is 2. The van der Waals surface area contributed by atoms with Crippen LogP contribution in [0.1, 0.15) is 72.5 Å². The molecule has 2 fully saturated rings. The molecule has 242 valence electrons. The van der Waals surface area contributed by atoms with Gasteiger partial charge in [-0.2, -0.15) is 0 Å². The molecule has 2 aliphatic rings. The number of thiazole rings is 1. The first-order valence-corrected chi connectivity index (χ1v) is 15.8. The standard InChI is InChI=1S/C32H31F3N4O6S/c33-32(34,35)44-25-7-2-1-6-22(25)28-23(29(45-39-28)19-8-9-19)17-43-21(14-18-4-3-5-18)12-13-36-31-38-24-11-10-20(15-26(24)46-31)30(42)37-16-27(40)41/h1-2,6-7,10-11,13,15,18-19,21H,3-5,8-9,12,14,16-17H2,(H,37,42)(H,40,41)/t21-/m1/s1. The number of halogens is 3. The third-order valence-electron chi connectivity index (χ3n) is 8.03. The first-order chi connectivity index (χ1) is 22.1. The Kier molecular flexibility index (Phi) is 9.36. The normalized spacial score (nSPS) is 16.1. The van der Waals surface area contributed by atoms with Crippen LogP contribution < -0.4 is 10.1 Å². The van der Waals surface area contributed by atoms with Crippen molar-refractivity contribution in [1.29, 1.82) is 0 Å². The maximum absolute atomic E-state index is 13.2. The van der Waals surface area contributed by atoms with Gasteiger partial charge in [-0.1, -0.05) is 47.9 Å². The number of aliphatic carboxylic acids is 1. The van der Waals surface area contributed by atoms with Crippen LogP contribution in [0.25, 0.3) is 21.5 Å².